The SMILES string of the molecule is COC(=O)[C@@H](Cc1ccc(C(=O)c2ccccc2)cc1)NC(=O)c1ccc(NC(C)=O)cc1. The van der Waals surface area contributed by atoms with Gasteiger partial charge in [0.1, 0.15) is 6.04 Å². The Morgan fingerprint density at radius 1 is 0.788 bits per heavy atom. The van der Waals surface area contributed by atoms with Crippen LogP contribution in [0.1, 0.15) is 38.8 Å². The summed E-state index contributed by atoms with van der Waals surface area (Å²) in [5.74, 6) is -1.34. The van der Waals surface area contributed by atoms with Gasteiger partial charge in [0.2, 0.25) is 5.91 Å². The number of carbonyl (C=O) groups is 4. The van der Waals surface area contributed by atoms with Crippen molar-refractivity contribution in [1.82, 2.24) is 5.32 Å². The molecule has 33 heavy (non-hydrogen) atoms. The van der Waals surface area contributed by atoms with Gasteiger partial charge in [-0.3, -0.25) is 14.4 Å². The van der Waals surface area contributed by atoms with E-state index in [0.717, 1.165) is 5.56 Å². The second kappa shape index (κ2) is 10.9. The average molecular weight is 444 g/mol. The van der Waals surface area contributed by atoms with Crippen LogP contribution in [0.15, 0.2) is 78.9 Å². The Morgan fingerprint density at radius 2 is 1.36 bits per heavy atom. The minimum atomic E-state index is -0.909. The Balaban J connectivity index is 1.69. The monoisotopic (exact) mass is 444 g/mol. The lowest BCUT2D eigenvalue weighted by atomic mass is 9.99. The average Bonchev–Trinajstić information content (AvgIpc) is 2.83. The standard InChI is InChI=1S/C26H24N2O5/c1-17(29)27-22-14-12-21(13-15-22)25(31)28-23(26(32)33-2)16-18-8-10-20(11-9-18)24(30)19-6-4-3-5-7-19/h3-15,23H,16H2,1-2H3,(H,27,29)(H,28,31)/t23-/m1/s1. The van der Waals surface area contributed by atoms with Gasteiger partial charge in [-0.1, -0.05) is 54.6 Å². The Kier molecular flexibility index (Phi) is 7.70. The van der Waals surface area contributed by atoms with Gasteiger partial charge in [0.15, 0.2) is 5.78 Å². The molecule has 3 aromatic carbocycles. The van der Waals surface area contributed by atoms with Gasteiger partial charge in [-0.05, 0) is 29.8 Å². The number of carbonyl (C=O) groups excluding carboxylic acids is 4. The normalized spacial score (nSPS) is 11.2. The zero-order chi connectivity index (χ0) is 23.8. The molecule has 0 fully saturated rings. The van der Waals surface area contributed by atoms with E-state index < -0.39 is 17.9 Å². The molecule has 168 valence electrons. The molecule has 2 amide bonds. The summed E-state index contributed by atoms with van der Waals surface area (Å²) in [4.78, 5) is 48.6. The molecule has 0 aromatic heterocycles. The van der Waals surface area contributed by atoms with Gasteiger partial charge in [-0.2, -0.15) is 0 Å². The number of hydrogen-bond acceptors (Lipinski definition) is 5. The van der Waals surface area contributed by atoms with Crippen molar-refractivity contribution in [2.45, 2.75) is 19.4 Å². The van der Waals surface area contributed by atoms with Gasteiger partial charge < -0.3 is 15.4 Å². The van der Waals surface area contributed by atoms with E-state index in [4.69, 9.17) is 4.74 Å². The number of ketones is 1. The molecule has 3 rings (SSSR count). The number of hydrogen-bond donors (Lipinski definition) is 2. The van der Waals surface area contributed by atoms with E-state index in [1.54, 1.807) is 72.8 Å². The van der Waals surface area contributed by atoms with Gasteiger partial charge in [0.05, 0.1) is 7.11 Å². The summed E-state index contributed by atoms with van der Waals surface area (Å²) in [5.41, 5.74) is 2.78. The summed E-state index contributed by atoms with van der Waals surface area (Å²) in [6, 6.07) is 21.3. The number of nitrogens with one attached hydrogen (secondary N) is 2. The highest BCUT2D eigenvalue weighted by Gasteiger charge is 2.23. The van der Waals surface area contributed by atoms with E-state index in [-0.39, 0.29) is 18.1 Å². The third-order valence-corrected chi connectivity index (χ3v) is 4.95. The third kappa shape index (κ3) is 6.36. The highest BCUT2D eigenvalue weighted by Crippen LogP contribution is 2.14. The molecule has 0 unspecified atom stereocenters. The molecule has 0 radical (unpaired) electrons. The lowest BCUT2D eigenvalue weighted by Gasteiger charge is -2.17. The molecule has 0 saturated heterocycles. The van der Waals surface area contributed by atoms with Crippen LogP contribution in [0.3, 0.4) is 0 Å². The number of rotatable bonds is 8. The highest BCUT2D eigenvalue weighted by molar-refractivity contribution is 6.09. The van der Waals surface area contributed by atoms with Crippen molar-refractivity contribution in [3.8, 4) is 0 Å². The van der Waals surface area contributed by atoms with Crippen LogP contribution in [0, 0.1) is 0 Å². The summed E-state index contributed by atoms with van der Waals surface area (Å²) in [5, 5.41) is 5.31. The third-order valence-electron chi connectivity index (χ3n) is 4.95. The van der Waals surface area contributed by atoms with E-state index in [2.05, 4.69) is 10.6 Å². The molecule has 7 heteroatoms. The molecule has 1 atom stereocenters. The van der Waals surface area contributed by atoms with Gasteiger partial charge in [-0.15, -0.1) is 0 Å². The first-order valence-corrected chi connectivity index (χ1v) is 10.3. The zero-order valence-electron chi connectivity index (χ0n) is 18.3. The van der Waals surface area contributed by atoms with Crippen LogP contribution in [0.4, 0.5) is 5.69 Å². The number of anilines is 1. The van der Waals surface area contributed by atoms with Crippen LogP contribution in [0.5, 0.6) is 0 Å². The first-order valence-electron chi connectivity index (χ1n) is 10.3. The molecule has 0 saturated carbocycles. The van der Waals surface area contributed by atoms with Gasteiger partial charge in [-0.25, -0.2) is 4.79 Å². The van der Waals surface area contributed by atoms with Crippen molar-refractivity contribution in [3.05, 3.63) is 101 Å². The van der Waals surface area contributed by atoms with Crippen molar-refractivity contribution in [2.75, 3.05) is 12.4 Å². The highest BCUT2D eigenvalue weighted by atomic mass is 16.5. The quantitative estimate of drug-likeness (QED) is 0.410. The van der Waals surface area contributed by atoms with Crippen LogP contribution in [-0.4, -0.2) is 36.7 Å². The van der Waals surface area contributed by atoms with Crippen LogP contribution < -0.4 is 10.6 Å². The molecule has 3 aromatic rings. The molecule has 0 aliphatic carbocycles. The lowest BCUT2D eigenvalue weighted by Crippen LogP contribution is -2.43. The van der Waals surface area contributed by atoms with Gasteiger partial charge in [0, 0.05) is 35.7 Å². The lowest BCUT2D eigenvalue weighted by molar-refractivity contribution is -0.142. The van der Waals surface area contributed by atoms with Crippen molar-refractivity contribution in [2.24, 2.45) is 0 Å². The number of benzene rings is 3. The second-order valence-corrected chi connectivity index (χ2v) is 7.40. The molecule has 0 bridgehead atoms. The fourth-order valence-electron chi connectivity index (χ4n) is 3.27. The maximum absolute atomic E-state index is 12.6. The maximum Gasteiger partial charge on any atom is 0.328 e. The summed E-state index contributed by atoms with van der Waals surface area (Å²) in [7, 11) is 1.26. The largest absolute Gasteiger partial charge is 0.467 e. The van der Waals surface area contributed by atoms with Crippen molar-refractivity contribution < 1.29 is 23.9 Å². The topological polar surface area (TPSA) is 102 Å². The molecule has 0 heterocycles. The molecular weight excluding hydrogens is 420 g/mol. The number of ether oxygens (including phenoxy) is 1. The van der Waals surface area contributed by atoms with Gasteiger partial charge in [0.25, 0.3) is 5.91 Å². The van der Waals surface area contributed by atoms with Crippen LogP contribution >= 0.6 is 0 Å². The predicted octanol–water partition coefficient (Wildman–Crippen LogP) is 3.39. The van der Waals surface area contributed by atoms with E-state index in [9.17, 15) is 19.2 Å². The Labute approximate surface area is 191 Å². The number of amides is 2. The van der Waals surface area contributed by atoms with E-state index in [1.807, 2.05) is 6.07 Å². The van der Waals surface area contributed by atoms with Crippen LogP contribution in [-0.2, 0) is 20.7 Å². The second-order valence-electron chi connectivity index (χ2n) is 7.40. The van der Waals surface area contributed by atoms with Crippen molar-refractivity contribution in [3.63, 3.8) is 0 Å². The van der Waals surface area contributed by atoms with E-state index in [1.165, 1.54) is 14.0 Å². The molecular formula is C26H24N2O5. The molecule has 2 N–H and O–H groups in total. The molecule has 0 spiro atoms. The summed E-state index contributed by atoms with van der Waals surface area (Å²) in [6.45, 7) is 1.39. The van der Waals surface area contributed by atoms with Gasteiger partial charge >= 0.3 is 5.97 Å². The Bertz CT molecular complexity index is 1140. The van der Waals surface area contributed by atoms with Crippen LogP contribution in [0.25, 0.3) is 0 Å². The molecule has 0 aliphatic heterocycles. The fraction of sp³-hybridized carbons (Fsp3) is 0.154. The van der Waals surface area contributed by atoms with E-state index >= 15 is 0 Å². The maximum atomic E-state index is 12.6. The summed E-state index contributed by atoms with van der Waals surface area (Å²) < 4.78 is 4.85. The smallest absolute Gasteiger partial charge is 0.328 e. The summed E-state index contributed by atoms with van der Waals surface area (Å²) in [6.07, 6.45) is 0.197. The fourth-order valence-corrected chi connectivity index (χ4v) is 3.27. The van der Waals surface area contributed by atoms with Crippen molar-refractivity contribution >= 4 is 29.3 Å². The van der Waals surface area contributed by atoms with Crippen LogP contribution in [0.2, 0.25) is 0 Å². The number of methoxy groups -OCH3 is 1. The first kappa shape index (κ1) is 23.4. The Morgan fingerprint density at radius 3 is 1.94 bits per heavy atom. The minimum absolute atomic E-state index is 0.0947. The number of esters is 1. The summed E-state index contributed by atoms with van der Waals surface area (Å²) >= 11 is 0. The molecule has 7 nitrogen and oxygen atoms in total. The van der Waals surface area contributed by atoms with E-state index in [0.29, 0.717) is 22.4 Å². The Hall–Kier alpha value is -4.26. The van der Waals surface area contributed by atoms with Crippen molar-refractivity contribution in [1.29, 1.82) is 0 Å². The zero-order valence-corrected chi connectivity index (χ0v) is 18.3. The predicted molar refractivity (Wildman–Crippen MR) is 124 cm³/mol. The first-order chi connectivity index (χ1) is 15.9. The minimum Gasteiger partial charge on any atom is -0.467 e. The molecule has 0 aliphatic rings.